The normalized spacial score (nSPS) is 14.2. The Hall–Kier alpha value is -0.130. The lowest BCUT2D eigenvalue weighted by Gasteiger charge is -2.11. The minimum Gasteiger partial charge on any atom is -0.396 e. The Morgan fingerprint density at radius 2 is 1.93 bits per heavy atom. The van der Waals surface area contributed by atoms with Crippen LogP contribution in [-0.2, 0) is 9.84 Å². The van der Waals surface area contributed by atoms with Gasteiger partial charge in [0.15, 0.2) is 0 Å². The van der Waals surface area contributed by atoms with E-state index in [1.807, 2.05) is 6.92 Å². The van der Waals surface area contributed by atoms with Crippen LogP contribution in [0.4, 0.5) is 0 Å². The van der Waals surface area contributed by atoms with Gasteiger partial charge in [0.1, 0.15) is 9.84 Å². The molecule has 4 nitrogen and oxygen atoms in total. The molecule has 0 radical (unpaired) electrons. The highest BCUT2D eigenvalue weighted by molar-refractivity contribution is 7.90. The maximum Gasteiger partial charge on any atom is 0.148 e. The third-order valence-electron chi connectivity index (χ3n) is 1.88. The number of sulfone groups is 1. The van der Waals surface area contributed by atoms with Gasteiger partial charge in [-0.1, -0.05) is 0 Å². The SMILES string of the molecule is CC(CS(C)(=O)=O)NCCCCCO. The second-order valence-corrected chi connectivity index (χ2v) is 5.92. The topological polar surface area (TPSA) is 66.4 Å². The number of hydrogen-bond donors (Lipinski definition) is 2. The van der Waals surface area contributed by atoms with Gasteiger partial charge in [-0.25, -0.2) is 8.42 Å². The van der Waals surface area contributed by atoms with E-state index in [1.165, 1.54) is 6.26 Å². The Kier molecular flexibility index (Phi) is 7.13. The van der Waals surface area contributed by atoms with Crippen LogP contribution >= 0.6 is 0 Å². The smallest absolute Gasteiger partial charge is 0.148 e. The van der Waals surface area contributed by atoms with E-state index in [4.69, 9.17) is 5.11 Å². The van der Waals surface area contributed by atoms with E-state index in [-0.39, 0.29) is 18.4 Å². The number of hydrogen-bond acceptors (Lipinski definition) is 4. The predicted molar refractivity (Wildman–Crippen MR) is 58.1 cm³/mol. The van der Waals surface area contributed by atoms with Crippen LogP contribution in [0.1, 0.15) is 26.2 Å². The first-order valence-corrected chi connectivity index (χ1v) is 7.03. The van der Waals surface area contributed by atoms with E-state index in [0.29, 0.717) is 0 Å². The van der Waals surface area contributed by atoms with E-state index in [9.17, 15) is 8.42 Å². The first-order valence-electron chi connectivity index (χ1n) is 4.97. The number of aliphatic hydroxyl groups excluding tert-OH is 1. The lowest BCUT2D eigenvalue weighted by atomic mass is 10.2. The van der Waals surface area contributed by atoms with Gasteiger partial charge in [-0.15, -0.1) is 0 Å². The molecule has 0 fully saturated rings. The minimum atomic E-state index is -2.87. The first-order chi connectivity index (χ1) is 6.45. The van der Waals surface area contributed by atoms with Crippen LogP contribution in [0.3, 0.4) is 0 Å². The molecule has 0 bridgehead atoms. The molecule has 14 heavy (non-hydrogen) atoms. The van der Waals surface area contributed by atoms with Crippen molar-refractivity contribution < 1.29 is 13.5 Å². The second-order valence-electron chi connectivity index (χ2n) is 3.73. The lowest BCUT2D eigenvalue weighted by Crippen LogP contribution is -2.33. The third kappa shape index (κ3) is 9.95. The summed E-state index contributed by atoms with van der Waals surface area (Å²) in [6, 6.07) is 0.0131. The van der Waals surface area contributed by atoms with Gasteiger partial charge in [-0.3, -0.25) is 0 Å². The van der Waals surface area contributed by atoms with E-state index in [1.54, 1.807) is 0 Å². The Labute approximate surface area is 86.6 Å². The van der Waals surface area contributed by atoms with Gasteiger partial charge < -0.3 is 10.4 Å². The van der Waals surface area contributed by atoms with E-state index < -0.39 is 9.84 Å². The van der Waals surface area contributed by atoms with Crippen molar-refractivity contribution in [1.29, 1.82) is 0 Å². The molecular weight excluding hydrogens is 202 g/mol. The van der Waals surface area contributed by atoms with Crippen LogP contribution in [0.25, 0.3) is 0 Å². The van der Waals surface area contributed by atoms with Crippen LogP contribution in [0.5, 0.6) is 0 Å². The van der Waals surface area contributed by atoms with Gasteiger partial charge in [0.2, 0.25) is 0 Å². The number of unbranched alkanes of at least 4 members (excludes halogenated alkanes) is 2. The van der Waals surface area contributed by atoms with Gasteiger partial charge in [0.25, 0.3) is 0 Å². The molecule has 1 atom stereocenters. The highest BCUT2D eigenvalue weighted by atomic mass is 32.2. The van der Waals surface area contributed by atoms with Crippen molar-refractivity contribution in [2.45, 2.75) is 32.2 Å². The Morgan fingerprint density at radius 1 is 1.29 bits per heavy atom. The summed E-state index contributed by atoms with van der Waals surface area (Å²) in [6.07, 6.45) is 4.03. The van der Waals surface area contributed by atoms with E-state index in [2.05, 4.69) is 5.32 Å². The molecule has 0 aromatic heterocycles. The molecule has 2 N–H and O–H groups in total. The molecule has 0 rings (SSSR count). The van der Waals surface area contributed by atoms with Gasteiger partial charge in [0, 0.05) is 18.9 Å². The summed E-state index contributed by atoms with van der Waals surface area (Å²) in [5, 5.41) is 11.7. The highest BCUT2D eigenvalue weighted by Gasteiger charge is 2.08. The summed E-state index contributed by atoms with van der Waals surface area (Å²) in [7, 11) is -2.87. The molecule has 86 valence electrons. The van der Waals surface area contributed by atoms with Crippen molar-refractivity contribution in [3.8, 4) is 0 Å². The van der Waals surface area contributed by atoms with Crippen LogP contribution in [0, 0.1) is 0 Å². The molecule has 0 aliphatic rings. The molecule has 0 aromatic rings. The largest absolute Gasteiger partial charge is 0.396 e. The Bertz CT molecular complexity index is 226. The molecule has 0 aliphatic heterocycles. The Morgan fingerprint density at radius 3 is 2.43 bits per heavy atom. The van der Waals surface area contributed by atoms with Gasteiger partial charge in [-0.2, -0.15) is 0 Å². The summed E-state index contributed by atoms with van der Waals surface area (Å²) in [5.74, 6) is 0.187. The lowest BCUT2D eigenvalue weighted by molar-refractivity contribution is 0.282. The van der Waals surface area contributed by atoms with Crippen molar-refractivity contribution in [3.05, 3.63) is 0 Å². The van der Waals surface area contributed by atoms with Crippen molar-refractivity contribution in [3.63, 3.8) is 0 Å². The fraction of sp³-hybridized carbons (Fsp3) is 1.00. The van der Waals surface area contributed by atoms with Crippen molar-refractivity contribution in [2.24, 2.45) is 0 Å². The standard InChI is InChI=1S/C9H21NO3S/c1-9(8-14(2,12)13)10-6-4-3-5-7-11/h9-11H,3-8H2,1-2H3. The van der Waals surface area contributed by atoms with E-state index in [0.717, 1.165) is 25.8 Å². The molecule has 0 aliphatic carbocycles. The molecule has 0 aromatic carbocycles. The van der Waals surface area contributed by atoms with Crippen LogP contribution in [-0.4, -0.2) is 44.7 Å². The number of rotatable bonds is 8. The molecule has 0 spiro atoms. The maximum atomic E-state index is 10.9. The van der Waals surface area contributed by atoms with Gasteiger partial charge in [-0.05, 0) is 32.7 Å². The zero-order chi connectivity index (χ0) is 11.0. The summed E-state index contributed by atoms with van der Waals surface area (Å²) >= 11 is 0. The monoisotopic (exact) mass is 223 g/mol. The molecule has 0 heterocycles. The van der Waals surface area contributed by atoms with Crippen molar-refractivity contribution >= 4 is 9.84 Å². The second kappa shape index (κ2) is 7.20. The summed E-state index contributed by atoms with van der Waals surface area (Å²) in [6.45, 7) is 2.92. The van der Waals surface area contributed by atoms with Gasteiger partial charge in [0.05, 0.1) is 5.75 Å². The number of nitrogens with one attached hydrogen (secondary N) is 1. The zero-order valence-electron chi connectivity index (χ0n) is 8.99. The average Bonchev–Trinajstić information content (AvgIpc) is 2.00. The van der Waals surface area contributed by atoms with Crippen LogP contribution in [0.2, 0.25) is 0 Å². The molecule has 0 saturated heterocycles. The predicted octanol–water partition coefficient (Wildman–Crippen LogP) is 0.172. The maximum absolute atomic E-state index is 10.9. The number of aliphatic hydroxyl groups is 1. The van der Waals surface area contributed by atoms with Crippen molar-refractivity contribution in [2.75, 3.05) is 25.2 Å². The molecule has 0 amide bonds. The summed E-state index contributed by atoms with van der Waals surface area (Å²) < 4.78 is 21.8. The summed E-state index contributed by atoms with van der Waals surface area (Å²) in [4.78, 5) is 0. The van der Waals surface area contributed by atoms with Crippen LogP contribution in [0.15, 0.2) is 0 Å². The molecule has 1 unspecified atom stereocenters. The van der Waals surface area contributed by atoms with E-state index >= 15 is 0 Å². The molecule has 5 heteroatoms. The fourth-order valence-electron chi connectivity index (χ4n) is 1.28. The molecule has 0 saturated carbocycles. The van der Waals surface area contributed by atoms with Crippen molar-refractivity contribution in [1.82, 2.24) is 5.32 Å². The summed E-state index contributed by atoms with van der Waals surface area (Å²) in [5.41, 5.74) is 0. The van der Waals surface area contributed by atoms with Gasteiger partial charge >= 0.3 is 0 Å². The van der Waals surface area contributed by atoms with Crippen LogP contribution < -0.4 is 5.32 Å². The quantitative estimate of drug-likeness (QED) is 0.576. The minimum absolute atomic E-state index is 0.0131. The third-order valence-corrected chi connectivity index (χ3v) is 2.99. The highest BCUT2D eigenvalue weighted by Crippen LogP contribution is 1.94. The zero-order valence-corrected chi connectivity index (χ0v) is 9.81. The first kappa shape index (κ1) is 13.9. The average molecular weight is 223 g/mol. The fourth-order valence-corrected chi connectivity index (χ4v) is 2.30. The molecular formula is C9H21NO3S. The Balaban J connectivity index is 3.41.